The van der Waals surface area contributed by atoms with Crippen LogP contribution in [0.2, 0.25) is 0 Å². The summed E-state index contributed by atoms with van der Waals surface area (Å²) in [6, 6.07) is 11.6. The van der Waals surface area contributed by atoms with Gasteiger partial charge in [0.25, 0.3) is 0 Å². The van der Waals surface area contributed by atoms with Crippen LogP contribution < -0.4 is 14.8 Å². The maximum absolute atomic E-state index is 13.0. The van der Waals surface area contributed by atoms with Crippen LogP contribution in [-0.2, 0) is 17.8 Å². The van der Waals surface area contributed by atoms with Crippen molar-refractivity contribution >= 4 is 5.91 Å². The Kier molecular flexibility index (Phi) is 6.21. The topological polar surface area (TPSA) is 78.3 Å². The summed E-state index contributed by atoms with van der Waals surface area (Å²) in [4.78, 5) is 12.1. The zero-order chi connectivity index (χ0) is 19.9. The molecule has 1 aromatic heterocycles. The van der Waals surface area contributed by atoms with Crippen LogP contribution in [0.5, 0.6) is 11.5 Å². The third-order valence-corrected chi connectivity index (χ3v) is 4.17. The van der Waals surface area contributed by atoms with E-state index in [0.717, 1.165) is 11.1 Å². The lowest BCUT2D eigenvalue weighted by atomic mass is 10.1. The molecule has 3 rings (SSSR count). The van der Waals surface area contributed by atoms with Gasteiger partial charge in [-0.1, -0.05) is 11.3 Å². The van der Waals surface area contributed by atoms with Crippen molar-refractivity contribution in [3.05, 3.63) is 60.0 Å². The normalized spacial score (nSPS) is 10.5. The van der Waals surface area contributed by atoms with Gasteiger partial charge in [0.15, 0.2) is 11.5 Å². The number of benzene rings is 2. The molecule has 0 unspecified atom stereocenters. The Morgan fingerprint density at radius 3 is 2.57 bits per heavy atom. The maximum Gasteiger partial charge on any atom is 0.241 e. The van der Waals surface area contributed by atoms with Crippen LogP contribution in [0.1, 0.15) is 5.56 Å². The second-order valence-corrected chi connectivity index (χ2v) is 6.10. The molecule has 0 saturated carbocycles. The highest BCUT2D eigenvalue weighted by Gasteiger charge is 2.09. The summed E-state index contributed by atoms with van der Waals surface area (Å²) in [7, 11) is 3.17. The lowest BCUT2D eigenvalue weighted by molar-refractivity contribution is -0.121. The van der Waals surface area contributed by atoms with Gasteiger partial charge in [0.05, 0.1) is 20.4 Å². The Hall–Kier alpha value is -3.42. The minimum absolute atomic E-state index is 0.0557. The Labute approximate surface area is 162 Å². The Balaban J connectivity index is 1.50. The number of hydrogen-bond donors (Lipinski definition) is 1. The van der Waals surface area contributed by atoms with Crippen LogP contribution >= 0.6 is 0 Å². The lowest BCUT2D eigenvalue weighted by Crippen LogP contribution is -2.29. The fourth-order valence-corrected chi connectivity index (χ4v) is 2.71. The molecule has 146 valence electrons. The van der Waals surface area contributed by atoms with Gasteiger partial charge in [-0.25, -0.2) is 9.07 Å². The summed E-state index contributed by atoms with van der Waals surface area (Å²) in [5, 5.41) is 10.8. The number of rotatable bonds is 8. The fraction of sp³-hybridized carbons (Fsp3) is 0.250. The molecule has 28 heavy (non-hydrogen) atoms. The quantitative estimate of drug-likeness (QED) is 0.646. The second kappa shape index (κ2) is 8.98. The summed E-state index contributed by atoms with van der Waals surface area (Å²) in [5.74, 6) is 0.835. The predicted molar refractivity (Wildman–Crippen MR) is 102 cm³/mol. The molecule has 3 aromatic rings. The zero-order valence-electron chi connectivity index (χ0n) is 15.7. The van der Waals surface area contributed by atoms with Crippen molar-refractivity contribution in [2.75, 3.05) is 20.8 Å². The summed E-state index contributed by atoms with van der Waals surface area (Å²) in [6.07, 6.45) is 2.31. The highest BCUT2D eigenvalue weighted by Crippen LogP contribution is 2.27. The Morgan fingerprint density at radius 1 is 1.11 bits per heavy atom. The first-order valence-electron chi connectivity index (χ1n) is 8.72. The average molecular weight is 384 g/mol. The average Bonchev–Trinajstić information content (AvgIpc) is 3.16. The fourth-order valence-electron chi connectivity index (χ4n) is 2.71. The van der Waals surface area contributed by atoms with E-state index in [1.54, 1.807) is 32.5 Å². The van der Waals surface area contributed by atoms with E-state index in [-0.39, 0.29) is 18.3 Å². The maximum atomic E-state index is 13.0. The number of nitrogens with zero attached hydrogens (tertiary/aromatic N) is 3. The molecule has 1 N–H and O–H groups in total. The molecule has 0 aliphatic carbocycles. The highest BCUT2D eigenvalue weighted by molar-refractivity contribution is 5.75. The number of ether oxygens (including phenoxy) is 2. The largest absolute Gasteiger partial charge is 0.493 e. The highest BCUT2D eigenvalue weighted by atomic mass is 19.1. The van der Waals surface area contributed by atoms with Crippen molar-refractivity contribution in [3.63, 3.8) is 0 Å². The van der Waals surface area contributed by atoms with Crippen LogP contribution in [-0.4, -0.2) is 41.7 Å². The van der Waals surface area contributed by atoms with Gasteiger partial charge >= 0.3 is 0 Å². The van der Waals surface area contributed by atoms with Crippen molar-refractivity contribution in [2.24, 2.45) is 0 Å². The number of methoxy groups -OCH3 is 2. The minimum atomic E-state index is -0.315. The SMILES string of the molecule is COc1ccc(CCNC(=O)Cn2cc(-c3ccc(F)cc3)nn2)cc1OC. The monoisotopic (exact) mass is 384 g/mol. The van der Waals surface area contributed by atoms with Crippen LogP contribution in [0, 0.1) is 5.82 Å². The molecule has 0 spiro atoms. The number of carbonyl (C=O) groups excluding carboxylic acids is 1. The molecule has 0 bridgehead atoms. The molecule has 1 amide bonds. The molecule has 8 heteroatoms. The number of amides is 1. The standard InChI is InChI=1S/C20H21FN4O3/c1-27-18-8-3-14(11-19(18)28-2)9-10-22-20(26)13-25-12-17(23-24-25)15-4-6-16(21)7-5-15/h3-8,11-12H,9-10,13H2,1-2H3,(H,22,26). The van der Waals surface area contributed by atoms with Crippen molar-refractivity contribution in [1.82, 2.24) is 20.3 Å². The van der Waals surface area contributed by atoms with E-state index < -0.39 is 0 Å². The van der Waals surface area contributed by atoms with Gasteiger partial charge in [-0.15, -0.1) is 5.10 Å². The molecule has 2 aromatic carbocycles. The number of hydrogen-bond acceptors (Lipinski definition) is 5. The first kappa shape index (κ1) is 19.3. The van der Waals surface area contributed by atoms with E-state index in [1.807, 2.05) is 18.2 Å². The molecular weight excluding hydrogens is 363 g/mol. The summed E-state index contributed by atoms with van der Waals surface area (Å²) >= 11 is 0. The van der Waals surface area contributed by atoms with Crippen molar-refractivity contribution in [3.8, 4) is 22.8 Å². The first-order valence-corrected chi connectivity index (χ1v) is 8.72. The molecule has 7 nitrogen and oxygen atoms in total. The van der Waals surface area contributed by atoms with E-state index >= 15 is 0 Å². The molecule has 0 aliphatic heterocycles. The number of carbonyl (C=O) groups is 1. The van der Waals surface area contributed by atoms with Gasteiger partial charge in [-0.2, -0.15) is 0 Å². The lowest BCUT2D eigenvalue weighted by Gasteiger charge is -2.10. The minimum Gasteiger partial charge on any atom is -0.493 e. The molecule has 0 saturated heterocycles. The van der Waals surface area contributed by atoms with Gasteiger partial charge < -0.3 is 14.8 Å². The summed E-state index contributed by atoms with van der Waals surface area (Å²) in [6.45, 7) is 0.536. The number of nitrogens with one attached hydrogen (secondary N) is 1. The smallest absolute Gasteiger partial charge is 0.241 e. The van der Waals surface area contributed by atoms with Crippen LogP contribution in [0.4, 0.5) is 4.39 Å². The van der Waals surface area contributed by atoms with E-state index in [1.165, 1.54) is 16.8 Å². The van der Waals surface area contributed by atoms with Gasteiger partial charge in [0, 0.05) is 12.1 Å². The predicted octanol–water partition coefficient (Wildman–Crippen LogP) is 2.46. The first-order chi connectivity index (χ1) is 13.6. The van der Waals surface area contributed by atoms with Crippen molar-refractivity contribution < 1.29 is 18.7 Å². The second-order valence-electron chi connectivity index (χ2n) is 6.10. The Bertz CT molecular complexity index is 941. The number of aromatic nitrogens is 3. The van der Waals surface area contributed by atoms with Gasteiger partial charge in [-0.3, -0.25) is 4.79 Å². The summed E-state index contributed by atoms with van der Waals surface area (Å²) in [5.41, 5.74) is 2.34. The summed E-state index contributed by atoms with van der Waals surface area (Å²) < 4.78 is 24.9. The van der Waals surface area contributed by atoms with E-state index in [9.17, 15) is 9.18 Å². The van der Waals surface area contributed by atoms with Gasteiger partial charge in [0.2, 0.25) is 5.91 Å². The molecule has 0 atom stereocenters. The Morgan fingerprint density at radius 2 is 1.86 bits per heavy atom. The molecular formula is C20H21FN4O3. The zero-order valence-corrected chi connectivity index (χ0v) is 15.7. The van der Waals surface area contributed by atoms with Gasteiger partial charge in [-0.05, 0) is 48.4 Å². The van der Waals surface area contributed by atoms with Crippen LogP contribution in [0.25, 0.3) is 11.3 Å². The molecule has 1 heterocycles. The van der Waals surface area contributed by atoms with Crippen LogP contribution in [0.3, 0.4) is 0 Å². The van der Waals surface area contributed by atoms with Crippen molar-refractivity contribution in [1.29, 1.82) is 0 Å². The van der Waals surface area contributed by atoms with E-state index in [4.69, 9.17) is 9.47 Å². The van der Waals surface area contributed by atoms with E-state index in [2.05, 4.69) is 15.6 Å². The van der Waals surface area contributed by atoms with Crippen molar-refractivity contribution in [2.45, 2.75) is 13.0 Å². The molecule has 0 fully saturated rings. The third kappa shape index (κ3) is 4.85. The van der Waals surface area contributed by atoms with Gasteiger partial charge in [0.1, 0.15) is 18.1 Å². The molecule has 0 aliphatic rings. The molecule has 0 radical (unpaired) electrons. The third-order valence-electron chi connectivity index (χ3n) is 4.17. The van der Waals surface area contributed by atoms with Crippen LogP contribution in [0.15, 0.2) is 48.7 Å². The van der Waals surface area contributed by atoms with E-state index in [0.29, 0.717) is 30.2 Å². The number of halogens is 1.